The Morgan fingerprint density at radius 2 is 2.00 bits per heavy atom. The summed E-state index contributed by atoms with van der Waals surface area (Å²) in [5.74, 6) is 3.34. The van der Waals surface area contributed by atoms with Gasteiger partial charge in [-0.05, 0) is 25.3 Å². The number of halogens is 1. The van der Waals surface area contributed by atoms with Gasteiger partial charge in [0.2, 0.25) is 0 Å². The van der Waals surface area contributed by atoms with Crippen LogP contribution >= 0.6 is 24.0 Å². The van der Waals surface area contributed by atoms with Crippen LogP contribution in [0, 0.1) is 5.92 Å². The van der Waals surface area contributed by atoms with E-state index in [4.69, 9.17) is 9.73 Å². The van der Waals surface area contributed by atoms with E-state index in [0.717, 1.165) is 62.2 Å². The van der Waals surface area contributed by atoms with E-state index in [1.807, 2.05) is 18.2 Å². The first kappa shape index (κ1) is 25.2. The normalized spacial score (nSPS) is 11.3. The summed E-state index contributed by atoms with van der Waals surface area (Å²) in [4.78, 5) is 4.72. The van der Waals surface area contributed by atoms with E-state index in [2.05, 4.69) is 59.2 Å². The van der Waals surface area contributed by atoms with Gasteiger partial charge in [-0.3, -0.25) is 0 Å². The molecule has 0 unspecified atom stereocenters. The van der Waals surface area contributed by atoms with E-state index in [0.29, 0.717) is 12.5 Å². The summed E-state index contributed by atoms with van der Waals surface area (Å²) in [6.45, 7) is 12.2. The summed E-state index contributed by atoms with van der Waals surface area (Å²) < 4.78 is 8.03. The Bertz CT molecular complexity index is 731. The van der Waals surface area contributed by atoms with E-state index in [1.54, 1.807) is 6.33 Å². The standard InChI is InChI=1S/C21H34N6O.HI/c1-5-20-26-25-16-27(20)13-12-23-21(22-6-2)24-15-18-9-7-8-10-19(18)28-14-11-17(3)4;/h7-10,16-17H,5-6,11-15H2,1-4H3,(H2,22,23,24);1H. The molecule has 2 N–H and O–H groups in total. The Morgan fingerprint density at radius 1 is 1.21 bits per heavy atom. The first-order valence-electron chi connectivity index (χ1n) is 10.2. The van der Waals surface area contributed by atoms with Crippen LogP contribution in [0.25, 0.3) is 0 Å². The van der Waals surface area contributed by atoms with Gasteiger partial charge in [0, 0.05) is 31.6 Å². The highest BCUT2D eigenvalue weighted by molar-refractivity contribution is 14.0. The quantitative estimate of drug-likeness (QED) is 0.272. The van der Waals surface area contributed by atoms with Gasteiger partial charge in [-0.25, -0.2) is 4.99 Å². The Hall–Kier alpha value is -1.84. The highest BCUT2D eigenvalue weighted by atomic mass is 127. The lowest BCUT2D eigenvalue weighted by atomic mass is 10.1. The maximum Gasteiger partial charge on any atom is 0.191 e. The van der Waals surface area contributed by atoms with Crippen molar-refractivity contribution in [3.8, 4) is 5.75 Å². The SMILES string of the molecule is CCNC(=NCc1ccccc1OCCC(C)C)NCCn1cnnc1CC.I. The average Bonchev–Trinajstić information content (AvgIpc) is 3.14. The zero-order valence-electron chi connectivity index (χ0n) is 18.0. The lowest BCUT2D eigenvalue weighted by Crippen LogP contribution is -2.38. The minimum absolute atomic E-state index is 0. The van der Waals surface area contributed by atoms with Gasteiger partial charge in [0.25, 0.3) is 0 Å². The Balaban J connectivity index is 0.00000420. The minimum atomic E-state index is 0. The molecule has 0 radical (unpaired) electrons. The topological polar surface area (TPSA) is 76.4 Å². The molecule has 0 fully saturated rings. The molecule has 1 aromatic carbocycles. The number of hydrogen-bond donors (Lipinski definition) is 2. The summed E-state index contributed by atoms with van der Waals surface area (Å²) in [6.07, 6.45) is 3.70. The van der Waals surface area contributed by atoms with Crippen LogP contribution in [0.5, 0.6) is 5.75 Å². The third kappa shape index (κ3) is 9.01. The molecule has 0 bridgehead atoms. The number of nitrogens with zero attached hydrogens (tertiary/aromatic N) is 4. The molecule has 0 aliphatic carbocycles. The number of benzene rings is 1. The van der Waals surface area contributed by atoms with Crippen LogP contribution < -0.4 is 15.4 Å². The van der Waals surface area contributed by atoms with Crippen LogP contribution in [0.2, 0.25) is 0 Å². The third-order valence-electron chi connectivity index (χ3n) is 4.33. The Morgan fingerprint density at radius 3 is 2.72 bits per heavy atom. The van der Waals surface area contributed by atoms with E-state index in [-0.39, 0.29) is 24.0 Å². The van der Waals surface area contributed by atoms with Crippen LogP contribution in [-0.2, 0) is 19.5 Å². The van der Waals surface area contributed by atoms with Gasteiger partial charge >= 0.3 is 0 Å². The van der Waals surface area contributed by atoms with Crippen molar-refractivity contribution in [3.05, 3.63) is 42.0 Å². The minimum Gasteiger partial charge on any atom is -0.493 e. The molecule has 8 heteroatoms. The molecule has 0 saturated heterocycles. The van der Waals surface area contributed by atoms with Crippen molar-refractivity contribution in [2.75, 3.05) is 19.7 Å². The number of nitrogens with one attached hydrogen (secondary N) is 2. The van der Waals surface area contributed by atoms with Crippen molar-refractivity contribution in [2.45, 2.75) is 53.6 Å². The van der Waals surface area contributed by atoms with Gasteiger partial charge in [0.05, 0.1) is 13.2 Å². The van der Waals surface area contributed by atoms with E-state index >= 15 is 0 Å². The largest absolute Gasteiger partial charge is 0.493 e. The molecular weight excluding hydrogens is 479 g/mol. The summed E-state index contributed by atoms with van der Waals surface area (Å²) in [5.41, 5.74) is 1.09. The first-order valence-corrected chi connectivity index (χ1v) is 10.2. The fourth-order valence-electron chi connectivity index (χ4n) is 2.72. The van der Waals surface area contributed by atoms with Gasteiger partial charge < -0.3 is 19.9 Å². The van der Waals surface area contributed by atoms with Crippen LogP contribution in [0.1, 0.15) is 45.5 Å². The highest BCUT2D eigenvalue weighted by Crippen LogP contribution is 2.19. The maximum atomic E-state index is 5.97. The molecule has 0 saturated carbocycles. The second-order valence-corrected chi connectivity index (χ2v) is 7.05. The molecular formula is C21H35IN6O. The lowest BCUT2D eigenvalue weighted by molar-refractivity contribution is 0.287. The van der Waals surface area contributed by atoms with Gasteiger partial charge in [-0.2, -0.15) is 0 Å². The fourth-order valence-corrected chi connectivity index (χ4v) is 2.72. The van der Waals surface area contributed by atoms with Crippen LogP contribution in [-0.4, -0.2) is 40.4 Å². The summed E-state index contributed by atoms with van der Waals surface area (Å²) in [6, 6.07) is 8.12. The molecule has 29 heavy (non-hydrogen) atoms. The van der Waals surface area contributed by atoms with Crippen molar-refractivity contribution in [2.24, 2.45) is 10.9 Å². The van der Waals surface area contributed by atoms with Gasteiger partial charge in [-0.15, -0.1) is 34.2 Å². The summed E-state index contributed by atoms with van der Waals surface area (Å²) in [5, 5.41) is 14.8. The predicted octanol–water partition coefficient (Wildman–Crippen LogP) is 3.64. The van der Waals surface area contributed by atoms with Crippen molar-refractivity contribution < 1.29 is 4.74 Å². The van der Waals surface area contributed by atoms with E-state index in [1.165, 1.54) is 0 Å². The predicted molar refractivity (Wildman–Crippen MR) is 129 cm³/mol. The van der Waals surface area contributed by atoms with Crippen LogP contribution in [0.15, 0.2) is 35.6 Å². The number of aromatic nitrogens is 3. The molecule has 2 aromatic rings. The molecule has 0 spiro atoms. The molecule has 0 aliphatic rings. The summed E-state index contributed by atoms with van der Waals surface area (Å²) >= 11 is 0. The smallest absolute Gasteiger partial charge is 0.191 e. The van der Waals surface area contributed by atoms with E-state index in [9.17, 15) is 0 Å². The Labute approximate surface area is 191 Å². The molecule has 1 aromatic heterocycles. The monoisotopic (exact) mass is 514 g/mol. The zero-order valence-corrected chi connectivity index (χ0v) is 20.3. The fraction of sp³-hybridized carbons (Fsp3) is 0.571. The van der Waals surface area contributed by atoms with Crippen molar-refractivity contribution in [3.63, 3.8) is 0 Å². The first-order chi connectivity index (χ1) is 13.6. The zero-order chi connectivity index (χ0) is 20.2. The average molecular weight is 514 g/mol. The van der Waals surface area contributed by atoms with Gasteiger partial charge in [0.15, 0.2) is 5.96 Å². The van der Waals surface area contributed by atoms with Gasteiger partial charge in [-0.1, -0.05) is 39.0 Å². The highest BCUT2D eigenvalue weighted by Gasteiger charge is 2.05. The van der Waals surface area contributed by atoms with Crippen molar-refractivity contribution in [1.29, 1.82) is 0 Å². The van der Waals surface area contributed by atoms with Crippen LogP contribution in [0.3, 0.4) is 0 Å². The Kier molecular flexibility index (Phi) is 12.3. The second kappa shape index (κ2) is 14.2. The third-order valence-corrected chi connectivity index (χ3v) is 4.33. The van der Waals surface area contributed by atoms with E-state index < -0.39 is 0 Å². The molecule has 0 amide bonds. The van der Waals surface area contributed by atoms with Crippen molar-refractivity contribution in [1.82, 2.24) is 25.4 Å². The molecule has 2 rings (SSSR count). The van der Waals surface area contributed by atoms with Crippen LogP contribution in [0.4, 0.5) is 0 Å². The number of para-hydroxylation sites is 1. The van der Waals surface area contributed by atoms with Crippen molar-refractivity contribution >= 4 is 29.9 Å². The second-order valence-electron chi connectivity index (χ2n) is 7.05. The number of hydrogen-bond acceptors (Lipinski definition) is 4. The number of ether oxygens (including phenoxy) is 1. The molecule has 7 nitrogen and oxygen atoms in total. The number of guanidine groups is 1. The van der Waals surface area contributed by atoms with Gasteiger partial charge in [0.1, 0.15) is 17.9 Å². The number of aryl methyl sites for hydroxylation is 1. The number of rotatable bonds is 11. The lowest BCUT2D eigenvalue weighted by Gasteiger charge is -2.14. The molecule has 1 heterocycles. The molecule has 0 atom stereocenters. The molecule has 162 valence electrons. The summed E-state index contributed by atoms with van der Waals surface area (Å²) in [7, 11) is 0. The molecule has 0 aliphatic heterocycles. The maximum absolute atomic E-state index is 5.97. The number of aliphatic imine (C=N–C) groups is 1.